The number of H-pyrrole nitrogens is 1. The molecule has 3 aromatic rings. The Bertz CT molecular complexity index is 1210. The standard InChI is InChI=1S/C25H29N5O6/c26-18(14-31)23(33)30-20(11-16-12-27-19-9-5-4-8-17(16)19)24(34)28-13-22(32)29-21(25(35)36)10-15-6-2-1-3-7-15/h1-9,12,18,20-21,27,31H,10-11,13-14,26H2,(H,28,34)(H,29,32)(H,30,33)(H,35,36). The first-order chi connectivity index (χ1) is 17.3. The molecule has 3 atom stereocenters. The largest absolute Gasteiger partial charge is 0.480 e. The minimum Gasteiger partial charge on any atom is -0.480 e. The molecule has 0 aliphatic carbocycles. The lowest BCUT2D eigenvalue weighted by atomic mass is 10.0. The van der Waals surface area contributed by atoms with E-state index in [1.807, 2.05) is 24.3 Å². The van der Waals surface area contributed by atoms with Gasteiger partial charge in [0.15, 0.2) is 0 Å². The van der Waals surface area contributed by atoms with Crippen molar-refractivity contribution in [2.45, 2.75) is 31.0 Å². The lowest BCUT2D eigenvalue weighted by Gasteiger charge is -2.20. The molecule has 3 amide bonds. The lowest BCUT2D eigenvalue weighted by Crippen LogP contribution is -2.55. The fourth-order valence-corrected chi connectivity index (χ4v) is 3.68. The monoisotopic (exact) mass is 495 g/mol. The number of benzene rings is 2. The maximum Gasteiger partial charge on any atom is 0.326 e. The van der Waals surface area contributed by atoms with Gasteiger partial charge in [-0.2, -0.15) is 0 Å². The van der Waals surface area contributed by atoms with Crippen molar-refractivity contribution >= 4 is 34.6 Å². The van der Waals surface area contributed by atoms with Crippen LogP contribution in [0.2, 0.25) is 0 Å². The molecule has 0 fully saturated rings. The van der Waals surface area contributed by atoms with Gasteiger partial charge in [-0.3, -0.25) is 14.4 Å². The van der Waals surface area contributed by atoms with Crippen molar-refractivity contribution in [3.05, 3.63) is 71.9 Å². The number of aliphatic hydroxyl groups excluding tert-OH is 1. The number of aromatic amines is 1. The van der Waals surface area contributed by atoms with Crippen molar-refractivity contribution in [3.8, 4) is 0 Å². The molecule has 11 nitrogen and oxygen atoms in total. The SMILES string of the molecule is NC(CO)C(=O)NC(Cc1c[nH]c2ccccc12)C(=O)NCC(=O)NC(Cc1ccccc1)C(=O)O. The van der Waals surface area contributed by atoms with Gasteiger partial charge in [0.2, 0.25) is 17.7 Å². The van der Waals surface area contributed by atoms with E-state index in [1.54, 1.807) is 36.5 Å². The predicted molar refractivity (Wildman–Crippen MR) is 132 cm³/mol. The number of nitrogens with two attached hydrogens (primary N) is 1. The first-order valence-corrected chi connectivity index (χ1v) is 11.3. The quantitative estimate of drug-likeness (QED) is 0.175. The maximum atomic E-state index is 12.9. The Labute approximate surface area is 207 Å². The maximum absolute atomic E-state index is 12.9. The smallest absolute Gasteiger partial charge is 0.326 e. The van der Waals surface area contributed by atoms with Crippen LogP contribution in [0, 0.1) is 0 Å². The molecule has 3 unspecified atom stereocenters. The Morgan fingerprint density at radius 3 is 2.28 bits per heavy atom. The summed E-state index contributed by atoms with van der Waals surface area (Å²) in [4.78, 5) is 52.3. The molecule has 0 radical (unpaired) electrons. The second-order valence-electron chi connectivity index (χ2n) is 8.28. The molecule has 0 aliphatic heterocycles. The van der Waals surface area contributed by atoms with Crippen LogP contribution in [0.5, 0.6) is 0 Å². The molecule has 190 valence electrons. The van der Waals surface area contributed by atoms with Crippen LogP contribution in [0.4, 0.5) is 0 Å². The fourth-order valence-electron chi connectivity index (χ4n) is 3.68. The highest BCUT2D eigenvalue weighted by molar-refractivity contribution is 5.93. The molecule has 0 bridgehead atoms. The average Bonchev–Trinajstić information content (AvgIpc) is 3.29. The molecule has 0 saturated heterocycles. The number of carbonyl (C=O) groups excluding carboxylic acids is 3. The minimum atomic E-state index is -1.22. The van der Waals surface area contributed by atoms with Crippen LogP contribution >= 0.6 is 0 Å². The molecule has 2 aromatic carbocycles. The van der Waals surface area contributed by atoms with E-state index in [9.17, 15) is 29.4 Å². The van der Waals surface area contributed by atoms with Gasteiger partial charge < -0.3 is 36.9 Å². The number of fused-ring (bicyclic) bond motifs is 1. The van der Waals surface area contributed by atoms with E-state index in [2.05, 4.69) is 20.9 Å². The van der Waals surface area contributed by atoms with E-state index in [1.165, 1.54) is 0 Å². The van der Waals surface area contributed by atoms with Gasteiger partial charge in [-0.05, 0) is 17.2 Å². The van der Waals surface area contributed by atoms with Gasteiger partial charge in [0, 0.05) is 29.9 Å². The Morgan fingerprint density at radius 1 is 0.889 bits per heavy atom. The molecule has 3 rings (SSSR count). The fraction of sp³-hybridized carbons (Fsp3) is 0.280. The zero-order chi connectivity index (χ0) is 26.1. The third kappa shape index (κ3) is 7.14. The molecule has 8 N–H and O–H groups in total. The second kappa shape index (κ2) is 12.5. The second-order valence-corrected chi connectivity index (χ2v) is 8.28. The first-order valence-electron chi connectivity index (χ1n) is 11.3. The van der Waals surface area contributed by atoms with E-state index in [0.717, 1.165) is 22.0 Å². The number of para-hydroxylation sites is 1. The number of carboxylic acids is 1. The van der Waals surface area contributed by atoms with Crippen LogP contribution in [-0.2, 0) is 32.0 Å². The molecule has 0 aliphatic rings. The summed E-state index contributed by atoms with van der Waals surface area (Å²) in [5, 5.41) is 26.9. The van der Waals surface area contributed by atoms with Gasteiger partial charge in [-0.15, -0.1) is 0 Å². The summed E-state index contributed by atoms with van der Waals surface area (Å²) in [6, 6.07) is 12.8. The van der Waals surface area contributed by atoms with E-state index in [4.69, 9.17) is 5.73 Å². The number of aliphatic hydroxyl groups is 1. The molecular weight excluding hydrogens is 466 g/mol. The number of rotatable bonds is 12. The van der Waals surface area contributed by atoms with Gasteiger partial charge in [0.1, 0.15) is 18.1 Å². The van der Waals surface area contributed by atoms with Crippen LogP contribution in [0.15, 0.2) is 60.8 Å². The van der Waals surface area contributed by atoms with Crippen LogP contribution in [0.25, 0.3) is 10.9 Å². The summed E-state index contributed by atoms with van der Waals surface area (Å²) >= 11 is 0. The Hall–Kier alpha value is -4.22. The average molecular weight is 496 g/mol. The van der Waals surface area contributed by atoms with E-state index < -0.39 is 55.0 Å². The summed E-state index contributed by atoms with van der Waals surface area (Å²) in [5.41, 5.74) is 7.91. The van der Waals surface area contributed by atoms with Crippen LogP contribution in [0.1, 0.15) is 11.1 Å². The van der Waals surface area contributed by atoms with Crippen molar-refractivity contribution in [1.82, 2.24) is 20.9 Å². The molecule has 36 heavy (non-hydrogen) atoms. The normalized spacial score (nSPS) is 13.4. The Balaban J connectivity index is 1.65. The van der Waals surface area contributed by atoms with E-state index >= 15 is 0 Å². The Morgan fingerprint density at radius 2 is 1.58 bits per heavy atom. The first kappa shape index (κ1) is 26.4. The summed E-state index contributed by atoms with van der Waals surface area (Å²) < 4.78 is 0. The predicted octanol–water partition coefficient (Wildman–Crippen LogP) is -0.557. The lowest BCUT2D eigenvalue weighted by molar-refractivity contribution is -0.141. The topological polar surface area (TPSA) is 187 Å². The minimum absolute atomic E-state index is 0.0775. The number of aliphatic carboxylic acids is 1. The number of carbonyl (C=O) groups is 4. The molecule has 1 aromatic heterocycles. The van der Waals surface area contributed by atoms with Crippen molar-refractivity contribution in [1.29, 1.82) is 0 Å². The highest BCUT2D eigenvalue weighted by Gasteiger charge is 2.26. The highest BCUT2D eigenvalue weighted by Crippen LogP contribution is 2.19. The van der Waals surface area contributed by atoms with Crippen molar-refractivity contribution in [3.63, 3.8) is 0 Å². The molecule has 1 heterocycles. The number of aromatic nitrogens is 1. The zero-order valence-electron chi connectivity index (χ0n) is 19.4. The van der Waals surface area contributed by atoms with Crippen molar-refractivity contribution < 1.29 is 29.4 Å². The number of amides is 3. The summed E-state index contributed by atoms with van der Waals surface area (Å²) in [5.74, 6) is -3.29. The summed E-state index contributed by atoms with van der Waals surface area (Å²) in [6.07, 6.45) is 1.89. The van der Waals surface area contributed by atoms with Gasteiger partial charge in [-0.1, -0.05) is 48.5 Å². The van der Waals surface area contributed by atoms with Crippen LogP contribution in [-0.4, -0.2) is 70.2 Å². The van der Waals surface area contributed by atoms with Gasteiger partial charge in [0.25, 0.3) is 0 Å². The van der Waals surface area contributed by atoms with Crippen molar-refractivity contribution in [2.75, 3.05) is 13.2 Å². The number of hydrogen-bond acceptors (Lipinski definition) is 6. The van der Waals surface area contributed by atoms with E-state index in [0.29, 0.717) is 0 Å². The van der Waals surface area contributed by atoms with Gasteiger partial charge in [0.05, 0.1) is 13.2 Å². The molecular formula is C25H29N5O6. The van der Waals surface area contributed by atoms with Crippen LogP contribution < -0.4 is 21.7 Å². The van der Waals surface area contributed by atoms with Gasteiger partial charge >= 0.3 is 5.97 Å². The number of hydrogen-bond donors (Lipinski definition) is 7. The molecule has 0 saturated carbocycles. The number of carboxylic acid groups (broad SMARTS) is 1. The Kier molecular flexibility index (Phi) is 9.14. The number of nitrogens with one attached hydrogen (secondary N) is 4. The van der Waals surface area contributed by atoms with Crippen LogP contribution in [0.3, 0.4) is 0 Å². The molecule has 0 spiro atoms. The van der Waals surface area contributed by atoms with Crippen molar-refractivity contribution in [2.24, 2.45) is 5.73 Å². The molecule has 11 heteroatoms. The summed E-state index contributed by atoms with van der Waals surface area (Å²) in [6.45, 7) is -1.10. The third-order valence-electron chi connectivity index (χ3n) is 5.60. The highest BCUT2D eigenvalue weighted by atomic mass is 16.4. The third-order valence-corrected chi connectivity index (χ3v) is 5.60. The zero-order valence-corrected chi connectivity index (χ0v) is 19.4. The van der Waals surface area contributed by atoms with Gasteiger partial charge in [-0.25, -0.2) is 4.79 Å². The van der Waals surface area contributed by atoms with E-state index in [-0.39, 0.29) is 12.8 Å². The summed E-state index contributed by atoms with van der Waals surface area (Å²) in [7, 11) is 0.